The van der Waals surface area contributed by atoms with Crippen molar-refractivity contribution in [3.63, 3.8) is 0 Å². The third-order valence-electron chi connectivity index (χ3n) is 6.40. The van der Waals surface area contributed by atoms with E-state index in [0.717, 1.165) is 54.6 Å². The minimum atomic E-state index is -0.964. The maximum atomic E-state index is 11.3. The van der Waals surface area contributed by atoms with E-state index >= 15 is 0 Å². The van der Waals surface area contributed by atoms with Gasteiger partial charge in [0.2, 0.25) is 0 Å². The van der Waals surface area contributed by atoms with E-state index in [-0.39, 0.29) is 23.1 Å². The lowest BCUT2D eigenvalue weighted by molar-refractivity contribution is 0.0697. The molecule has 8 heteroatoms. The number of aromatic carboxylic acids is 1. The molecule has 0 saturated heterocycles. The van der Waals surface area contributed by atoms with Crippen LogP contribution in [0.25, 0.3) is 0 Å². The quantitative estimate of drug-likeness (QED) is 0.366. The van der Waals surface area contributed by atoms with Gasteiger partial charge in [-0.25, -0.2) is 4.79 Å². The van der Waals surface area contributed by atoms with Crippen LogP contribution in [0.5, 0.6) is 23.0 Å². The van der Waals surface area contributed by atoms with E-state index in [1.165, 1.54) is 14.2 Å². The zero-order valence-electron chi connectivity index (χ0n) is 20.3. The standard InChI is InChI=1S/C28H30N2O6/c1-35-26-15-18(5-13-24(26)31)3-9-21-17-23(10-4-19-6-14-25(32)27(16-19)36-2)30(29-21)22-11-7-20(8-12-22)28(33)34/h5-8,11-16,23,31-32H,3-4,9-10,17H2,1-2H3,(H,33,34). The fraction of sp³-hybridized carbons (Fsp3) is 0.286. The van der Waals surface area contributed by atoms with Crippen LogP contribution in [0, 0.1) is 0 Å². The third kappa shape index (κ3) is 5.71. The molecule has 0 aromatic heterocycles. The first-order valence-electron chi connectivity index (χ1n) is 11.8. The molecule has 3 aromatic carbocycles. The summed E-state index contributed by atoms with van der Waals surface area (Å²) < 4.78 is 10.5. The summed E-state index contributed by atoms with van der Waals surface area (Å²) in [7, 11) is 3.06. The number of rotatable bonds is 10. The van der Waals surface area contributed by atoms with Crippen LogP contribution >= 0.6 is 0 Å². The molecule has 1 aliphatic rings. The van der Waals surface area contributed by atoms with Crippen molar-refractivity contribution in [1.82, 2.24) is 0 Å². The Morgan fingerprint density at radius 3 is 2.03 bits per heavy atom. The second-order valence-electron chi connectivity index (χ2n) is 8.77. The van der Waals surface area contributed by atoms with Crippen molar-refractivity contribution in [3.8, 4) is 23.0 Å². The Hall–Kier alpha value is -4.20. The molecule has 3 N–H and O–H groups in total. The van der Waals surface area contributed by atoms with Gasteiger partial charge >= 0.3 is 5.97 Å². The fourth-order valence-electron chi connectivity index (χ4n) is 4.41. The van der Waals surface area contributed by atoms with Crippen molar-refractivity contribution < 1.29 is 29.6 Å². The minimum absolute atomic E-state index is 0.102. The molecule has 0 spiro atoms. The van der Waals surface area contributed by atoms with Crippen LogP contribution < -0.4 is 14.5 Å². The predicted octanol–water partition coefficient (Wildman–Crippen LogP) is 5.01. The van der Waals surface area contributed by atoms with E-state index < -0.39 is 5.97 Å². The molecule has 0 aliphatic carbocycles. The highest BCUT2D eigenvalue weighted by Crippen LogP contribution is 2.32. The minimum Gasteiger partial charge on any atom is -0.504 e. The average Bonchev–Trinajstić information content (AvgIpc) is 3.30. The van der Waals surface area contributed by atoms with Crippen molar-refractivity contribution in [1.29, 1.82) is 0 Å². The normalized spacial score (nSPS) is 15.0. The first-order valence-corrected chi connectivity index (χ1v) is 11.8. The number of hydrogen-bond acceptors (Lipinski definition) is 7. The van der Waals surface area contributed by atoms with E-state index in [1.807, 2.05) is 29.3 Å². The highest BCUT2D eigenvalue weighted by molar-refractivity contribution is 5.90. The van der Waals surface area contributed by atoms with Gasteiger partial charge < -0.3 is 24.8 Å². The number of nitrogens with zero attached hydrogens (tertiary/aromatic N) is 2. The summed E-state index contributed by atoms with van der Waals surface area (Å²) in [5, 5.41) is 35.9. The largest absolute Gasteiger partial charge is 0.504 e. The number of carboxylic acid groups (broad SMARTS) is 1. The van der Waals surface area contributed by atoms with Crippen LogP contribution in [0.2, 0.25) is 0 Å². The van der Waals surface area contributed by atoms with Crippen LogP contribution in [0.1, 0.15) is 40.7 Å². The summed E-state index contributed by atoms with van der Waals surface area (Å²) in [6.07, 6.45) is 3.87. The highest BCUT2D eigenvalue weighted by Gasteiger charge is 2.27. The number of aryl methyl sites for hydroxylation is 2. The monoisotopic (exact) mass is 490 g/mol. The molecule has 4 rings (SSSR count). The lowest BCUT2D eigenvalue weighted by Crippen LogP contribution is -2.27. The maximum Gasteiger partial charge on any atom is 0.335 e. The van der Waals surface area contributed by atoms with E-state index in [4.69, 9.17) is 14.6 Å². The second-order valence-corrected chi connectivity index (χ2v) is 8.77. The number of carbonyl (C=O) groups is 1. The molecule has 1 aliphatic heterocycles. The Labute approximate surface area is 210 Å². The number of benzene rings is 3. The SMILES string of the molecule is COc1cc(CCC2=NN(c3ccc(C(=O)O)cc3)C(CCc3ccc(O)c(OC)c3)C2)ccc1O. The second kappa shape index (κ2) is 11.0. The van der Waals surface area contributed by atoms with Gasteiger partial charge in [0.25, 0.3) is 0 Å². The van der Waals surface area contributed by atoms with E-state index in [0.29, 0.717) is 11.5 Å². The third-order valence-corrected chi connectivity index (χ3v) is 6.40. The number of phenols is 2. The summed E-state index contributed by atoms with van der Waals surface area (Å²) in [5.74, 6) is 0.152. The van der Waals surface area contributed by atoms with Crippen molar-refractivity contribution in [2.24, 2.45) is 5.10 Å². The van der Waals surface area contributed by atoms with Gasteiger partial charge in [0.15, 0.2) is 23.0 Å². The van der Waals surface area contributed by atoms with E-state index in [9.17, 15) is 20.1 Å². The fourth-order valence-corrected chi connectivity index (χ4v) is 4.41. The van der Waals surface area contributed by atoms with Gasteiger partial charge in [-0.2, -0.15) is 5.10 Å². The topological polar surface area (TPSA) is 112 Å². The molecule has 1 atom stereocenters. The molecule has 0 bridgehead atoms. The zero-order chi connectivity index (χ0) is 25.7. The van der Waals surface area contributed by atoms with Gasteiger partial charge in [-0.1, -0.05) is 12.1 Å². The van der Waals surface area contributed by atoms with E-state index in [2.05, 4.69) is 0 Å². The van der Waals surface area contributed by atoms with Crippen LogP contribution in [0.4, 0.5) is 5.69 Å². The number of carboxylic acids is 1. The molecule has 3 aromatic rings. The zero-order valence-corrected chi connectivity index (χ0v) is 20.3. The summed E-state index contributed by atoms with van der Waals surface area (Å²) in [6, 6.07) is 17.6. The highest BCUT2D eigenvalue weighted by atomic mass is 16.5. The molecular formula is C28H30N2O6. The molecule has 0 amide bonds. The number of aromatic hydroxyl groups is 2. The lowest BCUT2D eigenvalue weighted by atomic mass is 9.98. The Balaban J connectivity index is 1.50. The number of phenolic OH excluding ortho intramolecular Hbond substituents is 2. The smallest absolute Gasteiger partial charge is 0.335 e. The number of anilines is 1. The average molecular weight is 491 g/mol. The van der Waals surface area contributed by atoms with Crippen LogP contribution in [0.15, 0.2) is 65.8 Å². The molecule has 1 heterocycles. The van der Waals surface area contributed by atoms with Crippen molar-refractivity contribution in [3.05, 3.63) is 77.4 Å². The van der Waals surface area contributed by atoms with Gasteiger partial charge in [0.1, 0.15) is 0 Å². The number of ether oxygens (including phenoxy) is 2. The molecule has 0 radical (unpaired) electrons. The van der Waals surface area contributed by atoms with Crippen molar-refractivity contribution >= 4 is 17.4 Å². The lowest BCUT2D eigenvalue weighted by Gasteiger charge is -2.24. The Bertz CT molecular complexity index is 1260. The summed E-state index contributed by atoms with van der Waals surface area (Å²) in [4.78, 5) is 11.3. The molecule has 1 unspecified atom stereocenters. The first-order chi connectivity index (χ1) is 17.4. The maximum absolute atomic E-state index is 11.3. The molecule has 8 nitrogen and oxygen atoms in total. The summed E-state index contributed by atoms with van der Waals surface area (Å²) >= 11 is 0. The summed E-state index contributed by atoms with van der Waals surface area (Å²) in [6.45, 7) is 0. The Kier molecular flexibility index (Phi) is 7.63. The number of hydrogen-bond donors (Lipinski definition) is 3. The van der Waals surface area contributed by atoms with Gasteiger partial charge in [-0.3, -0.25) is 5.01 Å². The molecule has 188 valence electrons. The molecule has 0 fully saturated rings. The van der Waals surface area contributed by atoms with Crippen LogP contribution in [-0.2, 0) is 12.8 Å². The first kappa shape index (κ1) is 24.9. The van der Waals surface area contributed by atoms with Crippen LogP contribution in [-0.4, -0.2) is 47.3 Å². The van der Waals surface area contributed by atoms with Gasteiger partial charge in [0, 0.05) is 12.1 Å². The van der Waals surface area contributed by atoms with Gasteiger partial charge in [-0.15, -0.1) is 0 Å². The molecule has 36 heavy (non-hydrogen) atoms. The number of hydrazone groups is 1. The van der Waals surface area contributed by atoms with Gasteiger partial charge in [0.05, 0.1) is 31.5 Å². The molecular weight excluding hydrogens is 460 g/mol. The van der Waals surface area contributed by atoms with Gasteiger partial charge in [-0.05, 0) is 85.3 Å². The summed E-state index contributed by atoms with van der Waals surface area (Å²) in [5.41, 5.74) is 4.23. The van der Waals surface area contributed by atoms with Crippen LogP contribution in [0.3, 0.4) is 0 Å². The van der Waals surface area contributed by atoms with Crippen molar-refractivity contribution in [2.45, 2.75) is 38.1 Å². The van der Waals surface area contributed by atoms with Crippen molar-refractivity contribution in [2.75, 3.05) is 19.2 Å². The predicted molar refractivity (Wildman–Crippen MR) is 138 cm³/mol. The Morgan fingerprint density at radius 2 is 1.47 bits per heavy atom. The van der Waals surface area contributed by atoms with E-state index in [1.54, 1.807) is 36.4 Å². The number of methoxy groups -OCH3 is 2. The molecule has 0 saturated carbocycles. The Morgan fingerprint density at radius 1 is 0.889 bits per heavy atom.